The average molecular weight is 196 g/mol. The highest BCUT2D eigenvalue weighted by Crippen LogP contribution is 2.42. The van der Waals surface area contributed by atoms with Gasteiger partial charge in [-0.05, 0) is 30.4 Å². The lowest BCUT2D eigenvalue weighted by molar-refractivity contribution is 0.600. The predicted molar refractivity (Wildman–Crippen MR) is 51.5 cm³/mol. The van der Waals surface area contributed by atoms with Crippen LogP contribution in [-0.4, -0.2) is 14.7 Å². The van der Waals surface area contributed by atoms with Gasteiger partial charge in [-0.25, -0.2) is 8.42 Å². The molecular formula is C10H12O2S. The van der Waals surface area contributed by atoms with E-state index in [9.17, 15) is 8.42 Å². The second-order valence-electron chi connectivity index (χ2n) is 3.58. The van der Waals surface area contributed by atoms with Crippen molar-refractivity contribution in [2.24, 2.45) is 0 Å². The zero-order valence-corrected chi connectivity index (χ0v) is 8.34. The van der Waals surface area contributed by atoms with E-state index in [2.05, 4.69) is 0 Å². The topological polar surface area (TPSA) is 34.1 Å². The van der Waals surface area contributed by atoms with Gasteiger partial charge in [-0.1, -0.05) is 18.2 Å². The number of hydrogen-bond acceptors (Lipinski definition) is 2. The molecule has 0 heterocycles. The first-order valence-electron chi connectivity index (χ1n) is 4.38. The molecule has 2 rings (SSSR count). The van der Waals surface area contributed by atoms with Crippen molar-refractivity contribution in [3.63, 3.8) is 0 Å². The fourth-order valence-corrected chi connectivity index (χ4v) is 2.54. The van der Waals surface area contributed by atoms with Gasteiger partial charge in [0.25, 0.3) is 0 Å². The summed E-state index contributed by atoms with van der Waals surface area (Å²) in [6, 6.07) is 7.31. The Bertz CT molecular complexity index is 416. The fraction of sp³-hybridized carbons (Fsp3) is 0.400. The lowest BCUT2D eigenvalue weighted by atomic mass is 10.1. The number of hydrogen-bond donors (Lipinski definition) is 0. The quantitative estimate of drug-likeness (QED) is 0.724. The molecule has 0 N–H and O–H groups in total. The molecule has 1 aromatic carbocycles. The molecule has 1 aromatic rings. The van der Waals surface area contributed by atoms with Crippen molar-refractivity contribution in [3.05, 3.63) is 29.8 Å². The normalized spacial score (nSPS) is 17.3. The molecule has 0 atom stereocenters. The average Bonchev–Trinajstić information content (AvgIpc) is 2.85. The second-order valence-corrected chi connectivity index (χ2v) is 5.57. The van der Waals surface area contributed by atoms with Crippen molar-refractivity contribution in [1.29, 1.82) is 0 Å². The van der Waals surface area contributed by atoms with Crippen LogP contribution in [0.1, 0.15) is 24.3 Å². The molecule has 1 fully saturated rings. The molecule has 0 unspecified atom stereocenters. The van der Waals surface area contributed by atoms with Crippen LogP contribution in [0.15, 0.2) is 29.2 Å². The van der Waals surface area contributed by atoms with Crippen LogP contribution in [0.25, 0.3) is 0 Å². The zero-order chi connectivity index (χ0) is 9.47. The minimum Gasteiger partial charge on any atom is -0.224 e. The van der Waals surface area contributed by atoms with E-state index in [1.54, 1.807) is 12.1 Å². The van der Waals surface area contributed by atoms with E-state index in [0.717, 1.165) is 18.4 Å². The maximum atomic E-state index is 11.4. The molecule has 0 amide bonds. The summed E-state index contributed by atoms with van der Waals surface area (Å²) in [6.07, 6.45) is 3.53. The van der Waals surface area contributed by atoms with Crippen LogP contribution in [0.5, 0.6) is 0 Å². The summed E-state index contributed by atoms with van der Waals surface area (Å²) in [7, 11) is -3.04. The minimum atomic E-state index is -3.04. The molecule has 0 bridgehead atoms. The molecular weight excluding hydrogens is 184 g/mol. The third-order valence-corrected chi connectivity index (χ3v) is 3.51. The van der Waals surface area contributed by atoms with Crippen molar-refractivity contribution in [2.75, 3.05) is 6.26 Å². The van der Waals surface area contributed by atoms with Crippen molar-refractivity contribution in [1.82, 2.24) is 0 Å². The van der Waals surface area contributed by atoms with Gasteiger partial charge in [-0.3, -0.25) is 0 Å². The highest BCUT2D eigenvalue weighted by molar-refractivity contribution is 7.90. The van der Waals surface area contributed by atoms with Gasteiger partial charge in [0.15, 0.2) is 9.84 Å². The van der Waals surface area contributed by atoms with Crippen LogP contribution in [-0.2, 0) is 9.84 Å². The molecule has 3 heteroatoms. The smallest absolute Gasteiger partial charge is 0.175 e. The number of sulfone groups is 1. The summed E-state index contributed by atoms with van der Waals surface area (Å²) in [4.78, 5) is 0.512. The van der Waals surface area contributed by atoms with Gasteiger partial charge in [0.05, 0.1) is 4.90 Å². The Morgan fingerprint density at radius 1 is 1.23 bits per heavy atom. The zero-order valence-electron chi connectivity index (χ0n) is 7.53. The summed E-state index contributed by atoms with van der Waals surface area (Å²) < 4.78 is 22.8. The van der Waals surface area contributed by atoms with E-state index in [1.165, 1.54) is 6.26 Å². The Hall–Kier alpha value is -0.830. The SMILES string of the molecule is CS(=O)(=O)c1ccccc1C1CC1. The molecule has 13 heavy (non-hydrogen) atoms. The standard InChI is InChI=1S/C10H12O2S/c1-13(11,12)10-5-3-2-4-9(10)8-6-7-8/h2-5,8H,6-7H2,1H3. The molecule has 1 aliphatic carbocycles. The van der Waals surface area contributed by atoms with E-state index in [1.807, 2.05) is 12.1 Å². The van der Waals surface area contributed by atoms with Gasteiger partial charge in [0.2, 0.25) is 0 Å². The fourth-order valence-electron chi connectivity index (χ4n) is 1.55. The van der Waals surface area contributed by atoms with E-state index in [0.29, 0.717) is 10.8 Å². The molecule has 1 aliphatic rings. The van der Waals surface area contributed by atoms with Crippen molar-refractivity contribution in [3.8, 4) is 0 Å². The molecule has 0 aliphatic heterocycles. The summed E-state index contributed by atoms with van der Waals surface area (Å²) >= 11 is 0. The summed E-state index contributed by atoms with van der Waals surface area (Å²) in [5.74, 6) is 0.492. The Kier molecular flexibility index (Phi) is 1.91. The first-order chi connectivity index (χ1) is 6.09. The van der Waals surface area contributed by atoms with Crippen LogP contribution in [0.2, 0.25) is 0 Å². The second kappa shape index (κ2) is 2.84. The Labute approximate surface area is 78.5 Å². The van der Waals surface area contributed by atoms with Crippen LogP contribution < -0.4 is 0 Å². The number of benzene rings is 1. The van der Waals surface area contributed by atoms with Crippen LogP contribution in [0.4, 0.5) is 0 Å². The lowest BCUT2D eigenvalue weighted by Gasteiger charge is -2.05. The summed E-state index contributed by atoms with van der Waals surface area (Å²) in [5, 5.41) is 0. The Balaban J connectivity index is 2.55. The summed E-state index contributed by atoms with van der Waals surface area (Å²) in [5.41, 5.74) is 1.00. The highest BCUT2D eigenvalue weighted by atomic mass is 32.2. The molecule has 0 spiro atoms. The van der Waals surface area contributed by atoms with Gasteiger partial charge < -0.3 is 0 Å². The van der Waals surface area contributed by atoms with Crippen molar-refractivity contribution < 1.29 is 8.42 Å². The van der Waals surface area contributed by atoms with Crippen LogP contribution in [0, 0.1) is 0 Å². The molecule has 0 saturated heterocycles. The van der Waals surface area contributed by atoms with Crippen molar-refractivity contribution in [2.45, 2.75) is 23.7 Å². The van der Waals surface area contributed by atoms with Gasteiger partial charge in [0.1, 0.15) is 0 Å². The third kappa shape index (κ3) is 1.75. The van der Waals surface area contributed by atoms with E-state index >= 15 is 0 Å². The Morgan fingerprint density at radius 2 is 1.85 bits per heavy atom. The van der Waals surface area contributed by atoms with Crippen molar-refractivity contribution >= 4 is 9.84 Å². The Morgan fingerprint density at radius 3 is 2.38 bits per heavy atom. The van der Waals surface area contributed by atoms with E-state index < -0.39 is 9.84 Å². The van der Waals surface area contributed by atoms with Gasteiger partial charge in [-0.15, -0.1) is 0 Å². The number of rotatable bonds is 2. The largest absolute Gasteiger partial charge is 0.224 e. The molecule has 0 radical (unpaired) electrons. The first-order valence-corrected chi connectivity index (χ1v) is 6.27. The van der Waals surface area contributed by atoms with E-state index in [-0.39, 0.29) is 0 Å². The van der Waals surface area contributed by atoms with E-state index in [4.69, 9.17) is 0 Å². The molecule has 1 saturated carbocycles. The highest BCUT2D eigenvalue weighted by Gasteiger charge is 2.28. The molecule has 2 nitrogen and oxygen atoms in total. The predicted octanol–water partition coefficient (Wildman–Crippen LogP) is 1.97. The maximum absolute atomic E-state index is 11.4. The van der Waals surface area contributed by atoms with Gasteiger partial charge >= 0.3 is 0 Å². The van der Waals surface area contributed by atoms with Crippen LogP contribution in [0.3, 0.4) is 0 Å². The van der Waals surface area contributed by atoms with Crippen LogP contribution >= 0.6 is 0 Å². The third-order valence-electron chi connectivity index (χ3n) is 2.34. The first kappa shape index (κ1) is 8.75. The monoisotopic (exact) mass is 196 g/mol. The van der Waals surface area contributed by atoms with Gasteiger partial charge in [-0.2, -0.15) is 0 Å². The summed E-state index contributed by atoms with van der Waals surface area (Å²) in [6.45, 7) is 0. The lowest BCUT2D eigenvalue weighted by Crippen LogP contribution is -2.00. The maximum Gasteiger partial charge on any atom is 0.175 e. The minimum absolute atomic E-state index is 0.492. The molecule has 0 aromatic heterocycles. The molecule has 70 valence electrons. The van der Waals surface area contributed by atoms with Gasteiger partial charge in [0, 0.05) is 6.26 Å².